The van der Waals surface area contributed by atoms with E-state index in [1.54, 1.807) is 18.2 Å². The lowest BCUT2D eigenvalue weighted by atomic mass is 10.1. The number of nitrogens with one attached hydrogen (secondary N) is 1. The summed E-state index contributed by atoms with van der Waals surface area (Å²) in [6.07, 6.45) is 2.74. The molecule has 114 valence electrons. The number of hydrogen-bond acceptors (Lipinski definition) is 4. The zero-order chi connectivity index (χ0) is 14.8. The Morgan fingerprint density at radius 3 is 2.62 bits per heavy atom. The second-order valence-corrected chi connectivity index (χ2v) is 6.31. The molecule has 0 spiro atoms. The zero-order valence-corrected chi connectivity index (χ0v) is 12.8. The lowest BCUT2D eigenvalue weighted by Crippen LogP contribution is -2.49. The molecule has 0 bridgehead atoms. The van der Waals surface area contributed by atoms with E-state index in [1.165, 1.54) is 19.4 Å². The molecule has 1 saturated carbocycles. The van der Waals surface area contributed by atoms with Gasteiger partial charge in [0.25, 0.3) is 5.91 Å². The third-order valence-corrected chi connectivity index (χ3v) is 4.48. The van der Waals surface area contributed by atoms with Gasteiger partial charge in [-0.25, -0.2) is 0 Å². The van der Waals surface area contributed by atoms with Crippen LogP contribution in [-0.4, -0.2) is 48.4 Å². The molecule has 2 aliphatic rings. The van der Waals surface area contributed by atoms with Crippen molar-refractivity contribution in [3.8, 4) is 0 Å². The van der Waals surface area contributed by atoms with Crippen molar-refractivity contribution in [1.82, 2.24) is 9.80 Å². The number of benzene rings is 1. The number of nitrogens with two attached hydrogens (primary N) is 1. The van der Waals surface area contributed by atoms with Gasteiger partial charge in [0.05, 0.1) is 11.3 Å². The molecule has 0 unspecified atom stereocenters. The maximum Gasteiger partial charge on any atom is 0.256 e. The van der Waals surface area contributed by atoms with E-state index in [-0.39, 0.29) is 5.91 Å². The van der Waals surface area contributed by atoms with E-state index in [4.69, 9.17) is 17.4 Å². The van der Waals surface area contributed by atoms with Gasteiger partial charge in [-0.05, 0) is 37.0 Å². The molecular formula is C15H21ClN4O. The van der Waals surface area contributed by atoms with E-state index in [0.717, 1.165) is 32.1 Å². The van der Waals surface area contributed by atoms with Gasteiger partial charge in [-0.15, -0.1) is 0 Å². The Morgan fingerprint density at radius 1 is 1.29 bits per heavy atom. The number of nitrogens with zero attached hydrogens (tertiary/aromatic N) is 2. The van der Waals surface area contributed by atoms with E-state index in [9.17, 15) is 4.79 Å². The molecule has 1 heterocycles. The Labute approximate surface area is 130 Å². The van der Waals surface area contributed by atoms with Crippen LogP contribution in [-0.2, 0) is 0 Å². The first kappa shape index (κ1) is 14.6. The second kappa shape index (κ2) is 6.22. The number of hydrazine groups is 1. The number of amides is 1. The summed E-state index contributed by atoms with van der Waals surface area (Å²) in [5, 5.41) is 0.546. The highest BCUT2D eigenvalue weighted by Crippen LogP contribution is 2.30. The molecule has 1 aliphatic carbocycles. The standard InChI is InChI=1S/C15H21ClN4O/c16-12-3-4-14(18-17)13(9-12)15(21)20-7-5-19(6-8-20)10-11-1-2-11/h3-4,9,11,18H,1-2,5-8,10,17H2. The minimum Gasteiger partial charge on any atom is -0.336 e. The molecule has 3 N–H and O–H groups in total. The third-order valence-electron chi connectivity index (χ3n) is 4.24. The number of piperazine rings is 1. The molecule has 0 aromatic heterocycles. The Bertz CT molecular complexity index is 524. The van der Waals surface area contributed by atoms with Crippen LogP contribution in [0, 0.1) is 5.92 Å². The Kier molecular flexibility index (Phi) is 4.33. The highest BCUT2D eigenvalue weighted by molar-refractivity contribution is 6.31. The van der Waals surface area contributed by atoms with Gasteiger partial charge in [-0.3, -0.25) is 15.5 Å². The molecule has 1 saturated heterocycles. The normalized spacial score (nSPS) is 19.6. The first-order valence-corrected chi connectivity index (χ1v) is 7.83. The van der Waals surface area contributed by atoms with E-state index in [1.807, 2.05) is 4.90 Å². The van der Waals surface area contributed by atoms with Crippen molar-refractivity contribution in [2.24, 2.45) is 11.8 Å². The van der Waals surface area contributed by atoms with Crippen molar-refractivity contribution >= 4 is 23.2 Å². The molecule has 1 amide bonds. The molecule has 3 rings (SSSR count). The highest BCUT2D eigenvalue weighted by atomic mass is 35.5. The lowest BCUT2D eigenvalue weighted by Gasteiger charge is -2.35. The molecule has 0 radical (unpaired) electrons. The minimum atomic E-state index is -0.00322. The number of rotatable bonds is 4. The van der Waals surface area contributed by atoms with Gasteiger partial charge < -0.3 is 10.3 Å². The number of carbonyl (C=O) groups is 1. The van der Waals surface area contributed by atoms with Crippen LogP contribution in [0.25, 0.3) is 0 Å². The van der Waals surface area contributed by atoms with Crippen LogP contribution in [0.3, 0.4) is 0 Å². The van der Waals surface area contributed by atoms with Crippen molar-refractivity contribution in [3.63, 3.8) is 0 Å². The van der Waals surface area contributed by atoms with Crippen LogP contribution in [0.4, 0.5) is 5.69 Å². The fourth-order valence-corrected chi connectivity index (χ4v) is 2.96. The van der Waals surface area contributed by atoms with Crippen molar-refractivity contribution in [1.29, 1.82) is 0 Å². The summed E-state index contributed by atoms with van der Waals surface area (Å²) in [6.45, 7) is 4.63. The van der Waals surface area contributed by atoms with E-state index >= 15 is 0 Å². The van der Waals surface area contributed by atoms with E-state index < -0.39 is 0 Å². The summed E-state index contributed by atoms with van der Waals surface area (Å²) in [5.41, 5.74) is 3.73. The Morgan fingerprint density at radius 2 is 2.00 bits per heavy atom. The fourth-order valence-electron chi connectivity index (χ4n) is 2.79. The first-order valence-electron chi connectivity index (χ1n) is 7.45. The van der Waals surface area contributed by atoms with Crippen LogP contribution in [0.2, 0.25) is 5.02 Å². The van der Waals surface area contributed by atoms with Crippen LogP contribution < -0.4 is 11.3 Å². The number of carbonyl (C=O) groups excluding carboxylic acids is 1. The molecule has 1 aromatic rings. The van der Waals surface area contributed by atoms with E-state index in [2.05, 4.69) is 10.3 Å². The fraction of sp³-hybridized carbons (Fsp3) is 0.533. The number of anilines is 1. The first-order chi connectivity index (χ1) is 10.2. The number of halogens is 1. The molecule has 6 heteroatoms. The van der Waals surface area contributed by atoms with Crippen molar-refractivity contribution < 1.29 is 4.79 Å². The minimum absolute atomic E-state index is 0.00322. The lowest BCUT2D eigenvalue weighted by molar-refractivity contribution is 0.0633. The van der Waals surface area contributed by atoms with Gasteiger partial charge in [0.2, 0.25) is 0 Å². The second-order valence-electron chi connectivity index (χ2n) is 5.87. The van der Waals surface area contributed by atoms with Gasteiger partial charge >= 0.3 is 0 Å². The van der Waals surface area contributed by atoms with E-state index in [0.29, 0.717) is 16.3 Å². The average Bonchev–Trinajstić information content (AvgIpc) is 3.31. The molecule has 0 atom stereocenters. The van der Waals surface area contributed by atoms with Gasteiger partial charge in [0.1, 0.15) is 0 Å². The van der Waals surface area contributed by atoms with Crippen molar-refractivity contribution in [3.05, 3.63) is 28.8 Å². The summed E-state index contributed by atoms with van der Waals surface area (Å²) >= 11 is 6.00. The van der Waals surface area contributed by atoms with Crippen LogP contribution in [0.5, 0.6) is 0 Å². The van der Waals surface area contributed by atoms with Crippen LogP contribution in [0.1, 0.15) is 23.2 Å². The average molecular weight is 309 g/mol. The smallest absolute Gasteiger partial charge is 0.256 e. The quantitative estimate of drug-likeness (QED) is 0.657. The zero-order valence-electron chi connectivity index (χ0n) is 12.0. The van der Waals surface area contributed by atoms with Gasteiger partial charge in [0, 0.05) is 37.7 Å². The summed E-state index contributed by atoms with van der Waals surface area (Å²) in [7, 11) is 0. The topological polar surface area (TPSA) is 61.6 Å². The predicted molar refractivity (Wildman–Crippen MR) is 84.3 cm³/mol. The Hall–Kier alpha value is -1.30. The predicted octanol–water partition coefficient (Wildman–Crippen LogP) is 1.79. The molecule has 5 nitrogen and oxygen atoms in total. The third kappa shape index (κ3) is 3.48. The highest BCUT2D eigenvalue weighted by Gasteiger charge is 2.28. The monoisotopic (exact) mass is 308 g/mol. The number of hydrogen-bond donors (Lipinski definition) is 2. The molecule has 1 aliphatic heterocycles. The number of nitrogen functional groups attached to an aromatic ring is 1. The largest absolute Gasteiger partial charge is 0.336 e. The van der Waals surface area contributed by atoms with Crippen LogP contribution in [0.15, 0.2) is 18.2 Å². The van der Waals surface area contributed by atoms with Crippen molar-refractivity contribution in [2.75, 3.05) is 38.1 Å². The van der Waals surface area contributed by atoms with Gasteiger partial charge in [-0.1, -0.05) is 11.6 Å². The summed E-state index contributed by atoms with van der Waals surface area (Å²) in [6, 6.07) is 5.13. The molecule has 1 aromatic carbocycles. The maximum absolute atomic E-state index is 12.6. The van der Waals surface area contributed by atoms with Gasteiger partial charge in [0.15, 0.2) is 0 Å². The summed E-state index contributed by atoms with van der Waals surface area (Å²) < 4.78 is 0. The molecule has 2 fully saturated rings. The maximum atomic E-state index is 12.6. The SMILES string of the molecule is NNc1ccc(Cl)cc1C(=O)N1CCN(CC2CC2)CC1. The summed E-state index contributed by atoms with van der Waals surface area (Å²) in [5.74, 6) is 6.37. The van der Waals surface area contributed by atoms with Gasteiger partial charge in [-0.2, -0.15) is 0 Å². The van der Waals surface area contributed by atoms with Crippen molar-refractivity contribution in [2.45, 2.75) is 12.8 Å². The Balaban J connectivity index is 1.64. The summed E-state index contributed by atoms with van der Waals surface area (Å²) in [4.78, 5) is 17.0. The van der Waals surface area contributed by atoms with Crippen LogP contribution >= 0.6 is 11.6 Å². The molecule has 21 heavy (non-hydrogen) atoms. The molecular weight excluding hydrogens is 288 g/mol.